The van der Waals surface area contributed by atoms with Crippen LogP contribution in [0.5, 0.6) is 11.5 Å². The van der Waals surface area contributed by atoms with E-state index in [0.29, 0.717) is 40.3 Å². The fourth-order valence-corrected chi connectivity index (χ4v) is 2.83. The fraction of sp³-hybridized carbons (Fsp3) is 0.222. The predicted octanol–water partition coefficient (Wildman–Crippen LogP) is 4.19. The Morgan fingerprint density at radius 1 is 0.920 bits per heavy atom. The second-order valence-electron chi connectivity index (χ2n) is 5.37. The molecule has 5 nitrogen and oxygen atoms in total. The Labute approximate surface area is 154 Å². The molecule has 0 bridgehead atoms. The summed E-state index contributed by atoms with van der Waals surface area (Å²) in [5.41, 5.74) is 0.560. The number of hydrogen-bond donors (Lipinski definition) is 0. The van der Waals surface area contributed by atoms with Crippen molar-refractivity contribution in [3.8, 4) is 11.5 Å². The highest BCUT2D eigenvalue weighted by molar-refractivity contribution is 6.35. The average Bonchev–Trinajstić information content (AvgIpc) is 2.83. The van der Waals surface area contributed by atoms with Gasteiger partial charge in [0.25, 0.3) is 0 Å². The van der Waals surface area contributed by atoms with Gasteiger partial charge in [0.15, 0.2) is 23.9 Å². The summed E-state index contributed by atoms with van der Waals surface area (Å²) in [6.07, 6.45) is 0.776. The van der Waals surface area contributed by atoms with Gasteiger partial charge >= 0.3 is 5.97 Å². The molecule has 0 spiro atoms. The lowest BCUT2D eigenvalue weighted by atomic mass is 10.1. The number of carbonyl (C=O) groups excluding carboxylic acids is 2. The van der Waals surface area contributed by atoms with Gasteiger partial charge in [-0.05, 0) is 36.4 Å². The maximum atomic E-state index is 12.3. The zero-order valence-corrected chi connectivity index (χ0v) is 14.6. The van der Waals surface area contributed by atoms with Gasteiger partial charge in [-0.15, -0.1) is 0 Å². The molecule has 0 N–H and O–H groups in total. The van der Waals surface area contributed by atoms with Gasteiger partial charge in [0.05, 0.1) is 18.8 Å². The van der Waals surface area contributed by atoms with E-state index in [1.54, 1.807) is 18.2 Å². The van der Waals surface area contributed by atoms with Crippen molar-refractivity contribution in [2.24, 2.45) is 0 Å². The number of rotatable bonds is 4. The van der Waals surface area contributed by atoms with Gasteiger partial charge < -0.3 is 14.2 Å². The third-order valence-electron chi connectivity index (χ3n) is 3.50. The van der Waals surface area contributed by atoms with Gasteiger partial charge in [-0.2, -0.15) is 0 Å². The number of esters is 1. The highest BCUT2D eigenvalue weighted by atomic mass is 35.5. The quantitative estimate of drug-likeness (QED) is 0.587. The summed E-state index contributed by atoms with van der Waals surface area (Å²) in [7, 11) is 0. The van der Waals surface area contributed by atoms with Crippen LogP contribution in [0.1, 0.15) is 27.1 Å². The van der Waals surface area contributed by atoms with E-state index in [2.05, 4.69) is 0 Å². The zero-order chi connectivity index (χ0) is 17.8. The number of ether oxygens (including phenoxy) is 3. The zero-order valence-electron chi connectivity index (χ0n) is 13.1. The van der Waals surface area contributed by atoms with E-state index in [1.165, 1.54) is 18.2 Å². The van der Waals surface area contributed by atoms with Gasteiger partial charge in [-0.1, -0.05) is 23.2 Å². The normalized spacial score (nSPS) is 13.0. The van der Waals surface area contributed by atoms with E-state index in [4.69, 9.17) is 37.4 Å². The van der Waals surface area contributed by atoms with Crippen molar-refractivity contribution in [1.82, 2.24) is 0 Å². The summed E-state index contributed by atoms with van der Waals surface area (Å²) in [6, 6.07) is 9.23. The predicted molar refractivity (Wildman–Crippen MR) is 93.1 cm³/mol. The Bertz CT molecular complexity index is 799. The van der Waals surface area contributed by atoms with Crippen molar-refractivity contribution >= 4 is 35.0 Å². The summed E-state index contributed by atoms with van der Waals surface area (Å²) in [6.45, 7) is 0.692. The number of fused-ring (bicyclic) bond motifs is 1. The van der Waals surface area contributed by atoms with Crippen LogP contribution >= 0.6 is 23.2 Å². The molecule has 0 fully saturated rings. The molecule has 1 heterocycles. The molecule has 0 unspecified atom stereocenters. The van der Waals surface area contributed by atoms with E-state index < -0.39 is 12.6 Å². The van der Waals surface area contributed by atoms with Gasteiger partial charge in [0.1, 0.15) is 0 Å². The van der Waals surface area contributed by atoms with Gasteiger partial charge in [-0.3, -0.25) is 4.79 Å². The minimum atomic E-state index is -0.674. The lowest BCUT2D eigenvalue weighted by molar-refractivity contribution is 0.0474. The number of Topliss-reactive ketones (excluding diaryl/α,β-unsaturated/α-hetero) is 1. The molecule has 130 valence electrons. The Hall–Kier alpha value is -2.24. The Balaban J connectivity index is 1.66. The van der Waals surface area contributed by atoms with Crippen molar-refractivity contribution in [1.29, 1.82) is 0 Å². The van der Waals surface area contributed by atoms with E-state index in [1.807, 2.05) is 0 Å². The third-order valence-corrected chi connectivity index (χ3v) is 3.94. The lowest BCUT2D eigenvalue weighted by Gasteiger charge is -2.09. The molecule has 0 radical (unpaired) electrons. The first-order valence-corrected chi connectivity index (χ1v) is 8.34. The number of ketones is 1. The first-order chi connectivity index (χ1) is 12.0. The fourth-order valence-electron chi connectivity index (χ4n) is 2.31. The smallest absolute Gasteiger partial charge is 0.338 e. The van der Waals surface area contributed by atoms with E-state index in [9.17, 15) is 9.59 Å². The lowest BCUT2D eigenvalue weighted by Crippen LogP contribution is -2.14. The van der Waals surface area contributed by atoms with Crippen LogP contribution in [-0.2, 0) is 4.74 Å². The molecule has 0 atom stereocenters. The molecule has 3 rings (SSSR count). The van der Waals surface area contributed by atoms with Crippen LogP contribution in [0.25, 0.3) is 0 Å². The van der Waals surface area contributed by atoms with Crippen molar-refractivity contribution in [3.05, 3.63) is 57.6 Å². The molecule has 2 aromatic carbocycles. The molecular weight excluding hydrogens is 367 g/mol. The van der Waals surface area contributed by atoms with E-state index >= 15 is 0 Å². The van der Waals surface area contributed by atoms with Crippen LogP contribution in [0.3, 0.4) is 0 Å². The monoisotopic (exact) mass is 380 g/mol. The van der Waals surface area contributed by atoms with Crippen molar-refractivity contribution < 1.29 is 23.8 Å². The number of hydrogen-bond acceptors (Lipinski definition) is 5. The topological polar surface area (TPSA) is 61.8 Å². The summed E-state index contributed by atoms with van der Waals surface area (Å²) < 4.78 is 16.1. The molecule has 1 aliphatic rings. The van der Waals surface area contributed by atoms with Gasteiger partial charge in [0.2, 0.25) is 0 Å². The molecule has 0 aliphatic carbocycles. The molecular formula is C18H14Cl2O5. The van der Waals surface area contributed by atoms with Crippen LogP contribution in [0, 0.1) is 0 Å². The summed E-state index contributed by atoms with van der Waals surface area (Å²) in [5, 5.41) is 0.627. The largest absolute Gasteiger partial charge is 0.490 e. The maximum Gasteiger partial charge on any atom is 0.338 e. The minimum Gasteiger partial charge on any atom is -0.490 e. The van der Waals surface area contributed by atoms with E-state index in [0.717, 1.165) is 6.42 Å². The number of benzene rings is 2. The first-order valence-electron chi connectivity index (χ1n) is 7.59. The van der Waals surface area contributed by atoms with Crippen LogP contribution in [0.2, 0.25) is 10.0 Å². The average molecular weight is 381 g/mol. The molecule has 0 aromatic heterocycles. The summed E-state index contributed by atoms with van der Waals surface area (Å²) in [5.74, 6) is 0.0835. The molecule has 0 saturated heterocycles. The number of halogens is 2. The van der Waals surface area contributed by atoms with Crippen LogP contribution in [0.15, 0.2) is 36.4 Å². The highest BCUT2D eigenvalue weighted by Gasteiger charge is 2.16. The standard InChI is InChI=1S/C18H14Cl2O5/c19-13-6-12(7-14(20)9-13)18(22)25-10-15(21)11-2-3-16-17(8-11)24-5-1-4-23-16/h2-3,6-9H,1,4-5,10H2. The van der Waals surface area contributed by atoms with Crippen molar-refractivity contribution in [2.45, 2.75) is 6.42 Å². The Morgan fingerprint density at radius 2 is 1.60 bits per heavy atom. The minimum absolute atomic E-state index is 0.184. The molecule has 0 saturated carbocycles. The molecule has 1 aliphatic heterocycles. The summed E-state index contributed by atoms with van der Waals surface area (Å²) >= 11 is 11.7. The Kier molecular flexibility index (Phi) is 5.46. The van der Waals surface area contributed by atoms with Gasteiger partial charge in [-0.25, -0.2) is 4.79 Å². The second-order valence-corrected chi connectivity index (χ2v) is 6.24. The van der Waals surface area contributed by atoms with Gasteiger partial charge in [0, 0.05) is 22.0 Å². The van der Waals surface area contributed by atoms with Crippen LogP contribution in [0.4, 0.5) is 0 Å². The second kappa shape index (κ2) is 7.76. The van der Waals surface area contributed by atoms with Crippen LogP contribution in [-0.4, -0.2) is 31.6 Å². The van der Waals surface area contributed by atoms with Crippen molar-refractivity contribution in [2.75, 3.05) is 19.8 Å². The SMILES string of the molecule is O=C(COC(=O)c1cc(Cl)cc(Cl)c1)c1ccc2c(c1)OCCCO2. The molecule has 2 aromatic rings. The molecule has 0 amide bonds. The highest BCUT2D eigenvalue weighted by Crippen LogP contribution is 2.30. The Morgan fingerprint density at radius 3 is 2.32 bits per heavy atom. The van der Waals surface area contributed by atoms with Crippen molar-refractivity contribution in [3.63, 3.8) is 0 Å². The van der Waals surface area contributed by atoms with Crippen LogP contribution < -0.4 is 9.47 Å². The van der Waals surface area contributed by atoms with E-state index in [-0.39, 0.29) is 11.3 Å². The number of carbonyl (C=O) groups is 2. The molecule has 25 heavy (non-hydrogen) atoms. The summed E-state index contributed by atoms with van der Waals surface area (Å²) in [4.78, 5) is 24.3. The molecule has 7 heteroatoms. The maximum absolute atomic E-state index is 12.3. The first kappa shape index (κ1) is 17.6. The third kappa shape index (κ3) is 4.44.